The van der Waals surface area contributed by atoms with Crippen LogP contribution in [0.3, 0.4) is 0 Å². The van der Waals surface area contributed by atoms with Crippen molar-refractivity contribution in [1.29, 1.82) is 0 Å². The van der Waals surface area contributed by atoms with Gasteiger partial charge in [-0.3, -0.25) is 15.1 Å². The number of ether oxygens (including phenoxy) is 1. The van der Waals surface area contributed by atoms with Crippen LogP contribution < -0.4 is 10.5 Å². The second-order valence-electron chi connectivity index (χ2n) is 4.71. The maximum Gasteiger partial charge on any atom is 0.416 e. The lowest BCUT2D eigenvalue weighted by Crippen LogP contribution is -2.07. The summed E-state index contributed by atoms with van der Waals surface area (Å²) in [5, 5.41) is 10.9. The van der Waals surface area contributed by atoms with Gasteiger partial charge in [-0.2, -0.15) is 13.2 Å². The number of nitrogens with zero attached hydrogens (tertiary/aromatic N) is 2. The Morgan fingerprint density at radius 1 is 1.25 bits per heavy atom. The quantitative estimate of drug-likeness (QED) is 0.395. The van der Waals surface area contributed by atoms with E-state index in [-0.39, 0.29) is 5.69 Å². The van der Waals surface area contributed by atoms with Crippen molar-refractivity contribution in [2.45, 2.75) is 6.18 Å². The van der Waals surface area contributed by atoms with Gasteiger partial charge in [0, 0.05) is 12.3 Å². The molecule has 2 aromatic carbocycles. The monoisotopic (exact) mass is 339 g/mol. The normalized spacial score (nSPS) is 11.7. The Morgan fingerprint density at radius 2 is 1.88 bits per heavy atom. The molecule has 2 N–H and O–H groups in total. The Labute approximate surface area is 134 Å². The highest BCUT2D eigenvalue weighted by atomic mass is 19.4. The van der Waals surface area contributed by atoms with Gasteiger partial charge in [-0.05, 0) is 35.9 Å². The second-order valence-corrected chi connectivity index (χ2v) is 4.71. The third-order valence-electron chi connectivity index (χ3n) is 3.13. The molecule has 0 aliphatic heterocycles. The third-order valence-corrected chi connectivity index (χ3v) is 3.13. The Balaban J connectivity index is 2.46. The van der Waals surface area contributed by atoms with Crippen LogP contribution in [0, 0.1) is 10.1 Å². The number of hydrogen-bond donors (Lipinski definition) is 1. The minimum Gasteiger partial charge on any atom is -0.497 e. The number of halogens is 3. The molecule has 0 heterocycles. The topological polar surface area (TPSA) is 90.8 Å². The molecule has 0 saturated carbocycles. The van der Waals surface area contributed by atoms with Crippen molar-refractivity contribution in [3.8, 4) is 5.75 Å². The van der Waals surface area contributed by atoms with E-state index in [2.05, 4.69) is 4.99 Å². The molecule has 0 bridgehead atoms. The molecule has 0 unspecified atom stereocenters. The summed E-state index contributed by atoms with van der Waals surface area (Å²) >= 11 is 0. The van der Waals surface area contributed by atoms with Gasteiger partial charge in [-0.15, -0.1) is 0 Å². The third kappa shape index (κ3) is 3.80. The molecular formula is C15H12F3N3O3. The summed E-state index contributed by atoms with van der Waals surface area (Å²) in [6, 6.07) is 7.59. The summed E-state index contributed by atoms with van der Waals surface area (Å²) in [5.74, 6) is 0.598. The zero-order valence-corrected chi connectivity index (χ0v) is 12.4. The average molecular weight is 339 g/mol. The van der Waals surface area contributed by atoms with E-state index in [1.54, 1.807) is 24.3 Å². The molecular weight excluding hydrogens is 327 g/mol. The first-order valence-electron chi connectivity index (χ1n) is 6.55. The minimum absolute atomic E-state index is 0.327. The summed E-state index contributed by atoms with van der Waals surface area (Å²) in [4.78, 5) is 13.8. The first kappa shape index (κ1) is 17.3. The Bertz CT molecular complexity index is 787. The van der Waals surface area contributed by atoms with Crippen molar-refractivity contribution in [3.05, 3.63) is 57.6 Å². The van der Waals surface area contributed by atoms with Crippen LogP contribution in [-0.2, 0) is 6.18 Å². The van der Waals surface area contributed by atoms with Crippen molar-refractivity contribution in [3.63, 3.8) is 0 Å². The fourth-order valence-electron chi connectivity index (χ4n) is 1.88. The largest absolute Gasteiger partial charge is 0.497 e. The van der Waals surface area contributed by atoms with Gasteiger partial charge in [0.05, 0.1) is 23.3 Å². The Morgan fingerprint density at radius 3 is 2.38 bits per heavy atom. The van der Waals surface area contributed by atoms with Crippen LogP contribution in [-0.4, -0.2) is 18.2 Å². The number of anilines is 1. The molecule has 0 saturated heterocycles. The van der Waals surface area contributed by atoms with Crippen LogP contribution in [0.5, 0.6) is 5.75 Å². The van der Waals surface area contributed by atoms with Gasteiger partial charge in [0.15, 0.2) is 0 Å². The van der Waals surface area contributed by atoms with Gasteiger partial charge >= 0.3 is 6.18 Å². The Hall–Kier alpha value is -3.10. The predicted molar refractivity (Wildman–Crippen MR) is 82.8 cm³/mol. The highest BCUT2D eigenvalue weighted by Crippen LogP contribution is 2.39. The number of nitrogen functional groups attached to an aromatic ring is 1. The highest BCUT2D eigenvalue weighted by Gasteiger charge is 2.34. The van der Waals surface area contributed by atoms with Gasteiger partial charge in [0.25, 0.3) is 5.69 Å². The predicted octanol–water partition coefficient (Wildman–Crippen LogP) is 3.96. The number of aliphatic imine (C=N–C) groups is 1. The number of hydrogen-bond acceptors (Lipinski definition) is 5. The lowest BCUT2D eigenvalue weighted by Gasteiger charge is -2.09. The number of benzene rings is 2. The zero-order chi connectivity index (χ0) is 17.9. The smallest absolute Gasteiger partial charge is 0.416 e. The summed E-state index contributed by atoms with van der Waals surface area (Å²) in [7, 11) is 1.49. The SMILES string of the molecule is COc1ccc(C=Nc2cc(C(F)(F)F)cc([N+](=O)[O-])c2N)cc1. The fourth-order valence-corrected chi connectivity index (χ4v) is 1.88. The van der Waals surface area contributed by atoms with Gasteiger partial charge in [0.2, 0.25) is 0 Å². The summed E-state index contributed by atoms with van der Waals surface area (Å²) in [6.07, 6.45) is -3.49. The lowest BCUT2D eigenvalue weighted by molar-refractivity contribution is -0.384. The van der Waals surface area contributed by atoms with Crippen molar-refractivity contribution in [2.24, 2.45) is 4.99 Å². The fraction of sp³-hybridized carbons (Fsp3) is 0.133. The van der Waals surface area contributed by atoms with E-state index in [9.17, 15) is 23.3 Å². The van der Waals surface area contributed by atoms with Crippen LogP contribution in [0.15, 0.2) is 41.4 Å². The first-order valence-corrected chi connectivity index (χ1v) is 6.55. The van der Waals surface area contributed by atoms with E-state index in [0.717, 1.165) is 0 Å². The molecule has 0 aliphatic rings. The van der Waals surface area contributed by atoms with Crippen molar-refractivity contribution >= 4 is 23.3 Å². The summed E-state index contributed by atoms with van der Waals surface area (Å²) in [6.45, 7) is 0. The van der Waals surface area contributed by atoms with Crippen LogP contribution in [0.4, 0.5) is 30.2 Å². The lowest BCUT2D eigenvalue weighted by atomic mass is 10.1. The van der Waals surface area contributed by atoms with Gasteiger partial charge < -0.3 is 10.5 Å². The molecule has 0 amide bonds. The summed E-state index contributed by atoms with van der Waals surface area (Å²) in [5.41, 5.74) is 3.34. The molecule has 6 nitrogen and oxygen atoms in total. The molecule has 0 spiro atoms. The molecule has 0 aromatic heterocycles. The second kappa shape index (κ2) is 6.57. The number of nitro benzene ring substituents is 1. The molecule has 9 heteroatoms. The maximum absolute atomic E-state index is 12.9. The first-order chi connectivity index (χ1) is 11.2. The molecule has 2 rings (SSSR count). The van der Waals surface area contributed by atoms with Gasteiger partial charge in [-0.25, -0.2) is 0 Å². The zero-order valence-electron chi connectivity index (χ0n) is 12.4. The van der Waals surface area contributed by atoms with Crippen LogP contribution >= 0.6 is 0 Å². The van der Waals surface area contributed by atoms with E-state index in [4.69, 9.17) is 10.5 Å². The molecule has 126 valence electrons. The van der Waals surface area contributed by atoms with E-state index >= 15 is 0 Å². The van der Waals surface area contributed by atoms with E-state index in [1.807, 2.05) is 0 Å². The summed E-state index contributed by atoms with van der Waals surface area (Å²) < 4.78 is 43.6. The van der Waals surface area contributed by atoms with Crippen molar-refractivity contribution in [2.75, 3.05) is 12.8 Å². The van der Waals surface area contributed by atoms with E-state index in [0.29, 0.717) is 23.4 Å². The number of nitrogens with two attached hydrogens (primary N) is 1. The number of methoxy groups -OCH3 is 1. The van der Waals surface area contributed by atoms with Crippen LogP contribution in [0.2, 0.25) is 0 Å². The number of nitro groups is 1. The molecule has 0 atom stereocenters. The van der Waals surface area contributed by atoms with Crippen LogP contribution in [0.1, 0.15) is 11.1 Å². The molecule has 24 heavy (non-hydrogen) atoms. The van der Waals surface area contributed by atoms with Gasteiger partial charge in [0.1, 0.15) is 11.4 Å². The van der Waals surface area contributed by atoms with Crippen LogP contribution in [0.25, 0.3) is 0 Å². The molecule has 0 fully saturated rings. The average Bonchev–Trinajstić information content (AvgIpc) is 2.53. The molecule has 0 aliphatic carbocycles. The Kier molecular flexibility index (Phi) is 4.72. The van der Waals surface area contributed by atoms with Gasteiger partial charge in [-0.1, -0.05) is 0 Å². The maximum atomic E-state index is 12.9. The molecule has 0 radical (unpaired) electrons. The number of rotatable bonds is 4. The standard InChI is InChI=1S/C15H12F3N3O3/c1-24-11-4-2-9(3-5-11)8-20-12-6-10(15(16,17)18)7-13(14(12)19)21(22)23/h2-8H,19H2,1H3. The minimum atomic E-state index is -4.75. The molecule has 2 aromatic rings. The highest BCUT2D eigenvalue weighted by molar-refractivity contribution is 5.86. The van der Waals surface area contributed by atoms with E-state index < -0.39 is 28.0 Å². The number of alkyl halides is 3. The van der Waals surface area contributed by atoms with Crippen molar-refractivity contribution < 1.29 is 22.8 Å². The van der Waals surface area contributed by atoms with E-state index in [1.165, 1.54) is 13.3 Å². The van der Waals surface area contributed by atoms with Crippen molar-refractivity contribution in [1.82, 2.24) is 0 Å².